The molecule has 0 aromatic carbocycles. The van der Waals surface area contributed by atoms with E-state index in [2.05, 4.69) is 4.40 Å². The van der Waals surface area contributed by atoms with E-state index in [0.29, 0.717) is 4.91 Å². The van der Waals surface area contributed by atoms with Crippen molar-refractivity contribution in [3.63, 3.8) is 0 Å². The lowest BCUT2D eigenvalue weighted by molar-refractivity contribution is -0.124. The lowest BCUT2D eigenvalue weighted by Crippen LogP contribution is -2.40. The molecular weight excluding hydrogens is 378 g/mol. The van der Waals surface area contributed by atoms with Crippen molar-refractivity contribution >= 4 is 44.2 Å². The summed E-state index contributed by atoms with van der Waals surface area (Å²) < 4.78 is 29.3. The van der Waals surface area contributed by atoms with Crippen LogP contribution in [-0.2, 0) is 14.8 Å². The first kappa shape index (κ1) is 18.5. The summed E-state index contributed by atoms with van der Waals surface area (Å²) in [5, 5.41) is 1.98. The van der Waals surface area contributed by atoms with Crippen LogP contribution in [0.3, 0.4) is 0 Å². The molecule has 3 rings (SSSR count). The standard InChI is InChI=1S/C16H21N3O3S3/c1-18(2)11-13-15(20)19(12-7-4-3-5-8-12)16(24-13)17-25(21,22)14-9-6-10-23-14/h6,9-12H,3-5,7-8H2,1-2H3/b13-11+,17-16+. The first-order valence-corrected chi connectivity index (χ1v) is 11.3. The van der Waals surface area contributed by atoms with Crippen molar-refractivity contribution in [1.82, 2.24) is 9.80 Å². The number of thiophene rings is 1. The molecule has 0 radical (unpaired) electrons. The van der Waals surface area contributed by atoms with E-state index in [0.717, 1.165) is 55.2 Å². The van der Waals surface area contributed by atoms with Crippen molar-refractivity contribution in [2.75, 3.05) is 14.1 Å². The molecule has 1 saturated carbocycles. The van der Waals surface area contributed by atoms with Gasteiger partial charge in [0.1, 0.15) is 4.21 Å². The molecule has 6 nitrogen and oxygen atoms in total. The van der Waals surface area contributed by atoms with Gasteiger partial charge in [-0.2, -0.15) is 8.42 Å². The van der Waals surface area contributed by atoms with Crippen LogP contribution in [0.25, 0.3) is 0 Å². The van der Waals surface area contributed by atoms with Crippen molar-refractivity contribution in [1.29, 1.82) is 0 Å². The zero-order valence-corrected chi connectivity index (χ0v) is 16.7. The van der Waals surface area contributed by atoms with Gasteiger partial charge < -0.3 is 4.90 Å². The fourth-order valence-electron chi connectivity index (χ4n) is 2.99. The zero-order valence-electron chi connectivity index (χ0n) is 14.2. The van der Waals surface area contributed by atoms with E-state index < -0.39 is 10.0 Å². The number of thioether (sulfide) groups is 1. The average Bonchev–Trinajstić information content (AvgIpc) is 3.18. The largest absolute Gasteiger partial charge is 0.382 e. The minimum atomic E-state index is -3.80. The van der Waals surface area contributed by atoms with E-state index >= 15 is 0 Å². The highest BCUT2D eigenvalue weighted by Gasteiger charge is 2.40. The Morgan fingerprint density at radius 2 is 2.00 bits per heavy atom. The van der Waals surface area contributed by atoms with E-state index in [9.17, 15) is 13.2 Å². The Balaban J connectivity index is 1.99. The second-order valence-electron chi connectivity index (χ2n) is 6.31. The number of sulfonamides is 1. The van der Waals surface area contributed by atoms with Gasteiger partial charge in [0.25, 0.3) is 15.9 Å². The van der Waals surface area contributed by atoms with Crippen LogP contribution in [0.15, 0.2) is 37.2 Å². The molecule has 1 aromatic rings. The average molecular weight is 400 g/mol. The van der Waals surface area contributed by atoms with E-state index in [-0.39, 0.29) is 21.3 Å². The van der Waals surface area contributed by atoms with Crippen molar-refractivity contribution in [2.45, 2.75) is 42.4 Å². The third-order valence-corrected chi connectivity index (χ3v) is 7.83. The van der Waals surface area contributed by atoms with Crippen molar-refractivity contribution in [3.8, 4) is 0 Å². The molecule has 2 heterocycles. The summed E-state index contributed by atoms with van der Waals surface area (Å²) in [6.45, 7) is 0. The molecule has 1 aliphatic heterocycles. The second-order valence-corrected chi connectivity index (χ2v) is 10.1. The number of hydrogen-bond acceptors (Lipinski definition) is 6. The number of carbonyl (C=O) groups is 1. The van der Waals surface area contributed by atoms with E-state index in [1.165, 1.54) is 6.07 Å². The monoisotopic (exact) mass is 399 g/mol. The van der Waals surface area contributed by atoms with E-state index in [1.54, 1.807) is 27.4 Å². The number of amidine groups is 1. The Kier molecular flexibility index (Phi) is 5.55. The molecule has 0 unspecified atom stereocenters. The summed E-state index contributed by atoms with van der Waals surface area (Å²) in [6, 6.07) is 3.24. The normalized spacial score (nSPS) is 23.0. The van der Waals surface area contributed by atoms with Gasteiger partial charge in [0, 0.05) is 26.3 Å². The van der Waals surface area contributed by atoms with Gasteiger partial charge in [-0.15, -0.1) is 15.7 Å². The number of hydrogen-bond donors (Lipinski definition) is 0. The Morgan fingerprint density at radius 1 is 1.28 bits per heavy atom. The third kappa shape index (κ3) is 4.09. The number of rotatable bonds is 4. The summed E-state index contributed by atoms with van der Waals surface area (Å²) in [5.41, 5.74) is 0. The third-order valence-electron chi connectivity index (χ3n) is 4.10. The van der Waals surface area contributed by atoms with Crippen LogP contribution in [0.2, 0.25) is 0 Å². The van der Waals surface area contributed by atoms with Gasteiger partial charge >= 0.3 is 0 Å². The summed E-state index contributed by atoms with van der Waals surface area (Å²) in [6.07, 6.45) is 6.77. The lowest BCUT2D eigenvalue weighted by Gasteiger charge is -2.30. The maximum absolute atomic E-state index is 12.9. The molecule has 0 bridgehead atoms. The molecule has 136 valence electrons. The van der Waals surface area contributed by atoms with Crippen molar-refractivity contribution in [2.24, 2.45) is 4.40 Å². The Hall–Kier alpha value is -1.32. The van der Waals surface area contributed by atoms with Gasteiger partial charge in [0.2, 0.25) is 0 Å². The van der Waals surface area contributed by atoms with Crippen LogP contribution in [-0.4, -0.2) is 49.4 Å². The van der Waals surface area contributed by atoms with Gasteiger partial charge in [-0.05, 0) is 36.0 Å². The molecule has 25 heavy (non-hydrogen) atoms. The van der Waals surface area contributed by atoms with Crippen LogP contribution in [0.1, 0.15) is 32.1 Å². The van der Waals surface area contributed by atoms with Gasteiger partial charge in [-0.1, -0.05) is 25.3 Å². The van der Waals surface area contributed by atoms with Gasteiger partial charge in [-0.25, -0.2) is 0 Å². The summed E-state index contributed by atoms with van der Waals surface area (Å²) in [5.74, 6) is -0.147. The minimum absolute atomic E-state index is 0.0269. The molecule has 0 N–H and O–H groups in total. The fourth-order valence-corrected chi connectivity index (χ4v) is 6.26. The minimum Gasteiger partial charge on any atom is -0.382 e. The van der Waals surface area contributed by atoms with Crippen molar-refractivity contribution in [3.05, 3.63) is 28.6 Å². The maximum Gasteiger partial charge on any atom is 0.294 e. The highest BCUT2D eigenvalue weighted by molar-refractivity contribution is 8.19. The van der Waals surface area contributed by atoms with Crippen LogP contribution < -0.4 is 0 Å². The first-order valence-electron chi connectivity index (χ1n) is 8.16. The quantitative estimate of drug-likeness (QED) is 0.728. The highest BCUT2D eigenvalue weighted by atomic mass is 32.2. The molecule has 1 aliphatic carbocycles. The maximum atomic E-state index is 12.9. The van der Waals surface area contributed by atoms with Gasteiger partial charge in [-0.3, -0.25) is 9.69 Å². The number of nitrogens with zero attached hydrogens (tertiary/aromatic N) is 3. The summed E-state index contributed by atoms with van der Waals surface area (Å²) >= 11 is 2.28. The molecule has 9 heteroatoms. The molecule has 0 spiro atoms. The van der Waals surface area contributed by atoms with Gasteiger partial charge in [0.05, 0.1) is 4.91 Å². The van der Waals surface area contributed by atoms with Gasteiger partial charge in [0.15, 0.2) is 5.17 Å². The topological polar surface area (TPSA) is 70.1 Å². The van der Waals surface area contributed by atoms with Crippen LogP contribution >= 0.6 is 23.1 Å². The predicted molar refractivity (Wildman–Crippen MR) is 102 cm³/mol. The SMILES string of the molecule is CN(C)/C=C1/S/C(=N/S(=O)(=O)c2cccs2)N(C2CCCCC2)C1=O. The van der Waals surface area contributed by atoms with Crippen LogP contribution in [0, 0.1) is 0 Å². The molecule has 2 fully saturated rings. The predicted octanol–water partition coefficient (Wildman–Crippen LogP) is 3.10. The molecule has 1 aromatic heterocycles. The first-order chi connectivity index (χ1) is 11.9. The number of amides is 1. The second kappa shape index (κ2) is 7.51. The summed E-state index contributed by atoms with van der Waals surface area (Å²) in [7, 11) is -0.123. The molecule has 1 amide bonds. The lowest BCUT2D eigenvalue weighted by atomic mass is 9.94. The smallest absolute Gasteiger partial charge is 0.294 e. The Morgan fingerprint density at radius 3 is 2.60 bits per heavy atom. The molecule has 1 saturated heterocycles. The Bertz CT molecular complexity index is 792. The summed E-state index contributed by atoms with van der Waals surface area (Å²) in [4.78, 5) is 16.8. The molecular formula is C16H21N3O3S3. The van der Waals surface area contributed by atoms with Crippen LogP contribution in [0.4, 0.5) is 0 Å². The molecule has 2 aliphatic rings. The Labute approximate surface area is 156 Å². The zero-order chi connectivity index (χ0) is 18.0. The van der Waals surface area contributed by atoms with E-state index in [4.69, 9.17) is 0 Å². The number of carbonyl (C=O) groups excluding carboxylic acids is 1. The molecule has 0 atom stereocenters. The highest BCUT2D eigenvalue weighted by Crippen LogP contribution is 2.37. The van der Waals surface area contributed by atoms with Crippen LogP contribution in [0.5, 0.6) is 0 Å². The van der Waals surface area contributed by atoms with E-state index in [1.807, 2.05) is 14.1 Å². The van der Waals surface area contributed by atoms with Crippen molar-refractivity contribution < 1.29 is 13.2 Å². The fraction of sp³-hybridized carbons (Fsp3) is 0.500.